The minimum Gasteiger partial charge on any atom is -0.497 e. The lowest BCUT2D eigenvalue weighted by Gasteiger charge is -2.21. The van der Waals surface area contributed by atoms with Crippen molar-refractivity contribution in [1.29, 1.82) is 0 Å². The van der Waals surface area contributed by atoms with Gasteiger partial charge in [-0.25, -0.2) is 0 Å². The van der Waals surface area contributed by atoms with Crippen LogP contribution in [0.15, 0.2) is 36.4 Å². The van der Waals surface area contributed by atoms with E-state index in [1.807, 2.05) is 32.0 Å². The molecule has 0 aromatic heterocycles. The van der Waals surface area contributed by atoms with E-state index >= 15 is 0 Å². The Morgan fingerprint density at radius 3 is 2.48 bits per heavy atom. The number of nitrogens with two attached hydrogens (primary N) is 1. The summed E-state index contributed by atoms with van der Waals surface area (Å²) in [5, 5.41) is 0. The number of nitrogen functional groups attached to an aromatic ring is 1. The zero-order valence-corrected chi connectivity index (χ0v) is 12.8. The summed E-state index contributed by atoms with van der Waals surface area (Å²) in [6.45, 7) is 4.01. The van der Waals surface area contributed by atoms with E-state index in [0.29, 0.717) is 17.0 Å². The third-order valence-corrected chi connectivity index (χ3v) is 3.51. The number of hydrogen-bond acceptors (Lipinski definition) is 3. The van der Waals surface area contributed by atoms with Crippen LogP contribution in [-0.2, 0) is 0 Å². The van der Waals surface area contributed by atoms with E-state index in [-0.39, 0.29) is 5.91 Å². The van der Waals surface area contributed by atoms with Crippen molar-refractivity contribution in [3.05, 3.63) is 53.1 Å². The summed E-state index contributed by atoms with van der Waals surface area (Å²) in [7, 11) is 3.31. The zero-order valence-electron chi connectivity index (χ0n) is 12.8. The molecule has 110 valence electrons. The van der Waals surface area contributed by atoms with Gasteiger partial charge in [-0.3, -0.25) is 4.79 Å². The number of aryl methyl sites for hydroxylation is 2. The van der Waals surface area contributed by atoms with Crippen molar-refractivity contribution in [3.8, 4) is 5.75 Å². The van der Waals surface area contributed by atoms with Crippen molar-refractivity contribution in [1.82, 2.24) is 0 Å². The largest absolute Gasteiger partial charge is 0.497 e. The van der Waals surface area contributed by atoms with E-state index in [4.69, 9.17) is 10.5 Å². The normalized spacial score (nSPS) is 10.3. The van der Waals surface area contributed by atoms with Crippen molar-refractivity contribution in [2.24, 2.45) is 0 Å². The van der Waals surface area contributed by atoms with Crippen LogP contribution in [0.4, 0.5) is 11.4 Å². The molecule has 0 saturated heterocycles. The minimum absolute atomic E-state index is 0.154. The number of carbonyl (C=O) groups is 1. The van der Waals surface area contributed by atoms with E-state index in [0.717, 1.165) is 16.8 Å². The molecule has 2 N–H and O–H groups in total. The maximum Gasteiger partial charge on any atom is 0.260 e. The molecule has 0 spiro atoms. The molecule has 0 aliphatic heterocycles. The quantitative estimate of drug-likeness (QED) is 0.881. The molecule has 0 bridgehead atoms. The molecule has 4 heteroatoms. The SMILES string of the molecule is COc1ccc(N)c(C(=O)N(C)c2ccc(C)cc2C)c1. The molecular formula is C17H20N2O2. The van der Waals surface area contributed by atoms with E-state index in [2.05, 4.69) is 0 Å². The highest BCUT2D eigenvalue weighted by atomic mass is 16.5. The van der Waals surface area contributed by atoms with E-state index in [9.17, 15) is 4.79 Å². The molecule has 2 aromatic carbocycles. The second kappa shape index (κ2) is 5.87. The number of rotatable bonds is 3. The molecule has 21 heavy (non-hydrogen) atoms. The average molecular weight is 284 g/mol. The van der Waals surface area contributed by atoms with Gasteiger partial charge in [-0.15, -0.1) is 0 Å². The Hall–Kier alpha value is -2.49. The van der Waals surface area contributed by atoms with Crippen molar-refractivity contribution in [2.75, 3.05) is 24.8 Å². The number of ether oxygens (including phenoxy) is 1. The fraction of sp³-hybridized carbons (Fsp3) is 0.235. The minimum atomic E-state index is -0.154. The van der Waals surface area contributed by atoms with Crippen LogP contribution < -0.4 is 15.4 Å². The fourth-order valence-electron chi connectivity index (χ4n) is 2.32. The number of benzene rings is 2. The monoisotopic (exact) mass is 284 g/mol. The van der Waals surface area contributed by atoms with Crippen LogP contribution in [0.25, 0.3) is 0 Å². The molecular weight excluding hydrogens is 264 g/mol. The van der Waals surface area contributed by atoms with Gasteiger partial charge in [0.1, 0.15) is 5.75 Å². The van der Waals surface area contributed by atoms with Crippen molar-refractivity contribution in [3.63, 3.8) is 0 Å². The van der Waals surface area contributed by atoms with Gasteiger partial charge in [0, 0.05) is 18.4 Å². The number of methoxy groups -OCH3 is 1. The molecule has 1 amide bonds. The molecule has 4 nitrogen and oxygen atoms in total. The van der Waals surface area contributed by atoms with Gasteiger partial charge in [-0.05, 0) is 43.7 Å². The average Bonchev–Trinajstić information content (AvgIpc) is 2.46. The number of nitrogens with zero attached hydrogens (tertiary/aromatic N) is 1. The zero-order chi connectivity index (χ0) is 15.6. The molecule has 0 unspecified atom stereocenters. The van der Waals surface area contributed by atoms with Crippen LogP contribution in [0.5, 0.6) is 5.75 Å². The van der Waals surface area contributed by atoms with E-state index in [1.54, 1.807) is 37.3 Å². The summed E-state index contributed by atoms with van der Waals surface area (Å²) in [4.78, 5) is 14.3. The van der Waals surface area contributed by atoms with Crippen molar-refractivity contribution >= 4 is 17.3 Å². The highest BCUT2D eigenvalue weighted by Gasteiger charge is 2.18. The lowest BCUT2D eigenvalue weighted by atomic mass is 10.1. The highest BCUT2D eigenvalue weighted by Crippen LogP contribution is 2.25. The molecule has 0 atom stereocenters. The Kier molecular flexibility index (Phi) is 4.17. The van der Waals surface area contributed by atoms with Gasteiger partial charge in [0.15, 0.2) is 0 Å². The highest BCUT2D eigenvalue weighted by molar-refractivity contribution is 6.09. The number of carbonyl (C=O) groups excluding carboxylic acids is 1. The van der Waals surface area contributed by atoms with Gasteiger partial charge >= 0.3 is 0 Å². The fourth-order valence-corrected chi connectivity index (χ4v) is 2.32. The van der Waals surface area contributed by atoms with Crippen LogP contribution in [0.2, 0.25) is 0 Å². The smallest absolute Gasteiger partial charge is 0.260 e. The molecule has 0 radical (unpaired) electrons. The predicted octanol–water partition coefficient (Wildman–Crippen LogP) is 3.17. The van der Waals surface area contributed by atoms with Gasteiger partial charge in [-0.2, -0.15) is 0 Å². The Morgan fingerprint density at radius 2 is 1.86 bits per heavy atom. The number of anilines is 2. The Balaban J connectivity index is 2.39. The van der Waals surface area contributed by atoms with Crippen LogP contribution >= 0.6 is 0 Å². The first kappa shape index (κ1) is 14.9. The van der Waals surface area contributed by atoms with Crippen LogP contribution in [0.1, 0.15) is 21.5 Å². The van der Waals surface area contributed by atoms with Gasteiger partial charge in [0.25, 0.3) is 5.91 Å². The first-order chi connectivity index (χ1) is 9.93. The summed E-state index contributed by atoms with van der Waals surface area (Å²) in [5.41, 5.74) is 9.89. The molecule has 0 aliphatic rings. The van der Waals surface area contributed by atoms with Crippen LogP contribution in [-0.4, -0.2) is 20.1 Å². The molecule has 0 heterocycles. The molecule has 0 fully saturated rings. The Morgan fingerprint density at radius 1 is 1.14 bits per heavy atom. The second-order valence-corrected chi connectivity index (χ2v) is 5.11. The van der Waals surface area contributed by atoms with E-state index < -0.39 is 0 Å². The molecule has 2 aromatic rings. The van der Waals surface area contributed by atoms with Gasteiger partial charge in [-0.1, -0.05) is 17.7 Å². The van der Waals surface area contributed by atoms with Gasteiger partial charge in [0.2, 0.25) is 0 Å². The van der Waals surface area contributed by atoms with Gasteiger partial charge in [0.05, 0.1) is 12.7 Å². The number of hydrogen-bond donors (Lipinski definition) is 1. The third kappa shape index (κ3) is 2.99. The topological polar surface area (TPSA) is 55.6 Å². The predicted molar refractivity (Wildman–Crippen MR) is 86.1 cm³/mol. The maximum atomic E-state index is 12.7. The third-order valence-electron chi connectivity index (χ3n) is 3.51. The summed E-state index contributed by atoms with van der Waals surface area (Å²) < 4.78 is 5.16. The summed E-state index contributed by atoms with van der Waals surface area (Å²) >= 11 is 0. The lowest BCUT2D eigenvalue weighted by molar-refractivity contribution is 0.0993. The standard InChI is InChI=1S/C17H20N2O2/c1-11-5-8-16(12(2)9-11)19(3)17(20)14-10-13(21-4)6-7-15(14)18/h5-10H,18H2,1-4H3. The molecule has 0 saturated carbocycles. The van der Waals surface area contributed by atoms with Crippen molar-refractivity contribution in [2.45, 2.75) is 13.8 Å². The number of amides is 1. The maximum absolute atomic E-state index is 12.7. The Labute approximate surface area is 125 Å². The van der Waals surface area contributed by atoms with Crippen molar-refractivity contribution < 1.29 is 9.53 Å². The van der Waals surface area contributed by atoms with Crippen LogP contribution in [0, 0.1) is 13.8 Å². The summed E-state index contributed by atoms with van der Waals surface area (Å²) in [6, 6.07) is 11.1. The Bertz CT molecular complexity index is 680. The lowest BCUT2D eigenvalue weighted by Crippen LogP contribution is -2.27. The first-order valence-electron chi connectivity index (χ1n) is 6.73. The van der Waals surface area contributed by atoms with Crippen LogP contribution in [0.3, 0.4) is 0 Å². The summed E-state index contributed by atoms with van der Waals surface area (Å²) in [5.74, 6) is 0.458. The van der Waals surface area contributed by atoms with E-state index in [1.165, 1.54) is 0 Å². The summed E-state index contributed by atoms with van der Waals surface area (Å²) in [6.07, 6.45) is 0. The first-order valence-corrected chi connectivity index (χ1v) is 6.73. The second-order valence-electron chi connectivity index (χ2n) is 5.11. The van der Waals surface area contributed by atoms with Gasteiger partial charge < -0.3 is 15.4 Å². The molecule has 2 rings (SSSR count). The molecule has 0 aliphatic carbocycles.